The molecule has 28 heavy (non-hydrogen) atoms. The van der Waals surface area contributed by atoms with Crippen molar-refractivity contribution < 1.29 is 19.0 Å². The van der Waals surface area contributed by atoms with Crippen molar-refractivity contribution in [3.8, 4) is 11.5 Å². The van der Waals surface area contributed by atoms with Gasteiger partial charge in [-0.15, -0.1) is 0 Å². The Morgan fingerprint density at radius 1 is 1.25 bits per heavy atom. The van der Waals surface area contributed by atoms with Crippen LogP contribution in [0.5, 0.6) is 11.5 Å². The maximum absolute atomic E-state index is 12.6. The highest BCUT2D eigenvalue weighted by molar-refractivity contribution is 5.76. The molecular formula is C23H27NO4. The summed E-state index contributed by atoms with van der Waals surface area (Å²) in [6, 6.07) is 5.96. The van der Waals surface area contributed by atoms with Gasteiger partial charge in [0.1, 0.15) is 6.10 Å². The Bertz CT molecular complexity index is 873. The van der Waals surface area contributed by atoms with E-state index in [-0.39, 0.29) is 36.1 Å². The molecule has 1 aromatic rings. The number of esters is 1. The van der Waals surface area contributed by atoms with Crippen LogP contribution in [-0.2, 0) is 16.1 Å². The third-order valence-electron chi connectivity index (χ3n) is 6.83. The lowest BCUT2D eigenvalue weighted by molar-refractivity contribution is -0.145. The topological polar surface area (TPSA) is 56.8 Å². The molecule has 1 aromatic carbocycles. The quantitative estimate of drug-likeness (QED) is 0.805. The number of benzene rings is 1. The standard InChI is InChI=1S/C23H27NO4/c1-14-4-3-7-23(2)10-21-16(9-18(14)23)17(22(25)28-21)12-24-11-15-5-6-19-20(8-15)27-13-26-19/h4-6,8-9,16-17,21,24H,3,7,10-13H2,1-2H3/t16-,17-,21+,23-/m0/s1. The third kappa shape index (κ3) is 2.93. The van der Waals surface area contributed by atoms with Crippen molar-refractivity contribution >= 4 is 5.97 Å². The minimum absolute atomic E-state index is 0.0180. The second-order valence-electron chi connectivity index (χ2n) is 8.75. The highest BCUT2D eigenvalue weighted by atomic mass is 16.7. The van der Waals surface area contributed by atoms with Gasteiger partial charge in [0.25, 0.3) is 0 Å². The molecule has 5 heteroatoms. The number of nitrogens with one attached hydrogen (secondary N) is 1. The molecular weight excluding hydrogens is 354 g/mol. The van der Waals surface area contributed by atoms with E-state index < -0.39 is 0 Å². The zero-order valence-corrected chi connectivity index (χ0v) is 16.5. The van der Waals surface area contributed by atoms with Gasteiger partial charge in [-0.2, -0.15) is 0 Å². The van der Waals surface area contributed by atoms with Gasteiger partial charge in [-0.1, -0.05) is 30.7 Å². The van der Waals surface area contributed by atoms with Crippen molar-refractivity contribution in [3.63, 3.8) is 0 Å². The Hall–Kier alpha value is -2.27. The second-order valence-corrected chi connectivity index (χ2v) is 8.75. The maximum atomic E-state index is 12.6. The number of allylic oxidation sites excluding steroid dienone is 3. The molecule has 0 saturated carbocycles. The van der Waals surface area contributed by atoms with Crippen molar-refractivity contribution in [2.45, 2.75) is 45.8 Å². The van der Waals surface area contributed by atoms with Crippen LogP contribution in [0.15, 0.2) is 41.5 Å². The summed E-state index contributed by atoms with van der Waals surface area (Å²) in [5.74, 6) is 1.57. The van der Waals surface area contributed by atoms with E-state index in [0.29, 0.717) is 13.1 Å². The monoisotopic (exact) mass is 381 g/mol. The molecule has 0 amide bonds. The average Bonchev–Trinajstić information content (AvgIpc) is 3.24. The van der Waals surface area contributed by atoms with Gasteiger partial charge in [0, 0.05) is 19.0 Å². The van der Waals surface area contributed by atoms with E-state index in [9.17, 15) is 4.79 Å². The van der Waals surface area contributed by atoms with Crippen molar-refractivity contribution in [3.05, 3.63) is 47.1 Å². The summed E-state index contributed by atoms with van der Waals surface area (Å²) in [6.07, 6.45) is 7.90. The number of rotatable bonds is 4. The van der Waals surface area contributed by atoms with Crippen molar-refractivity contribution in [1.29, 1.82) is 0 Å². The summed E-state index contributed by atoms with van der Waals surface area (Å²) in [6.45, 7) is 6.12. The van der Waals surface area contributed by atoms with Crippen LogP contribution in [0.1, 0.15) is 38.7 Å². The zero-order valence-electron chi connectivity index (χ0n) is 16.5. The number of ether oxygens (including phenoxy) is 3. The lowest BCUT2D eigenvalue weighted by atomic mass is 9.62. The van der Waals surface area contributed by atoms with E-state index in [2.05, 4.69) is 31.3 Å². The molecule has 0 unspecified atom stereocenters. The van der Waals surface area contributed by atoms with E-state index in [1.165, 1.54) is 11.1 Å². The Morgan fingerprint density at radius 2 is 2.11 bits per heavy atom. The molecule has 0 bridgehead atoms. The average molecular weight is 381 g/mol. The molecule has 0 aromatic heterocycles. The fourth-order valence-corrected chi connectivity index (χ4v) is 5.28. The molecule has 0 radical (unpaired) electrons. The molecule has 4 atom stereocenters. The fraction of sp³-hybridized carbons (Fsp3) is 0.522. The van der Waals surface area contributed by atoms with Gasteiger partial charge in [0.15, 0.2) is 11.5 Å². The molecule has 5 nitrogen and oxygen atoms in total. The van der Waals surface area contributed by atoms with Crippen LogP contribution in [0.25, 0.3) is 0 Å². The van der Waals surface area contributed by atoms with Crippen molar-refractivity contribution in [1.82, 2.24) is 5.32 Å². The van der Waals surface area contributed by atoms with Gasteiger partial charge in [0.2, 0.25) is 6.79 Å². The molecule has 0 spiro atoms. The summed E-state index contributed by atoms with van der Waals surface area (Å²) in [4.78, 5) is 12.6. The number of carbonyl (C=O) groups excluding carboxylic acids is 1. The lowest BCUT2D eigenvalue weighted by Crippen LogP contribution is -2.38. The molecule has 2 aliphatic heterocycles. The van der Waals surface area contributed by atoms with Gasteiger partial charge in [-0.25, -0.2) is 0 Å². The van der Waals surface area contributed by atoms with Crippen LogP contribution in [0.2, 0.25) is 0 Å². The predicted octanol–water partition coefficient (Wildman–Crippen LogP) is 3.74. The Kier molecular flexibility index (Phi) is 4.23. The molecule has 2 heterocycles. The maximum Gasteiger partial charge on any atom is 0.311 e. The number of carbonyl (C=O) groups is 1. The summed E-state index contributed by atoms with van der Waals surface area (Å²) >= 11 is 0. The molecule has 1 fully saturated rings. The minimum Gasteiger partial charge on any atom is -0.461 e. The third-order valence-corrected chi connectivity index (χ3v) is 6.83. The minimum atomic E-state index is -0.120. The van der Waals surface area contributed by atoms with Crippen LogP contribution in [0.3, 0.4) is 0 Å². The smallest absolute Gasteiger partial charge is 0.311 e. The van der Waals surface area contributed by atoms with E-state index >= 15 is 0 Å². The van der Waals surface area contributed by atoms with E-state index in [0.717, 1.165) is 36.3 Å². The highest BCUT2D eigenvalue weighted by Gasteiger charge is 2.50. The first-order chi connectivity index (χ1) is 13.5. The first-order valence-corrected chi connectivity index (χ1v) is 10.2. The molecule has 4 aliphatic rings. The largest absolute Gasteiger partial charge is 0.461 e. The van der Waals surface area contributed by atoms with Gasteiger partial charge in [0.05, 0.1) is 5.92 Å². The van der Waals surface area contributed by atoms with E-state index in [1.54, 1.807) is 0 Å². The summed E-state index contributed by atoms with van der Waals surface area (Å²) in [5.41, 5.74) is 4.07. The SMILES string of the molecule is CC1=CCC[C@@]2(C)C[C@H]3OC(=O)[C@@H](CNCc4ccc5c(c4)OCO5)[C@@H]3C=C12. The molecule has 148 valence electrons. The van der Waals surface area contributed by atoms with Gasteiger partial charge < -0.3 is 19.5 Å². The zero-order chi connectivity index (χ0) is 19.3. The van der Waals surface area contributed by atoms with Gasteiger partial charge in [-0.05, 0) is 54.9 Å². The summed E-state index contributed by atoms with van der Waals surface area (Å²) in [7, 11) is 0. The van der Waals surface area contributed by atoms with Crippen LogP contribution in [0, 0.1) is 17.3 Å². The summed E-state index contributed by atoms with van der Waals surface area (Å²) < 4.78 is 16.6. The van der Waals surface area contributed by atoms with Crippen LogP contribution in [-0.4, -0.2) is 25.4 Å². The van der Waals surface area contributed by atoms with Crippen molar-refractivity contribution in [2.24, 2.45) is 17.3 Å². The number of hydrogen-bond acceptors (Lipinski definition) is 5. The number of hydrogen-bond donors (Lipinski definition) is 1. The van der Waals surface area contributed by atoms with Crippen LogP contribution in [0.4, 0.5) is 0 Å². The molecule has 1 N–H and O–H groups in total. The van der Waals surface area contributed by atoms with Crippen molar-refractivity contribution in [2.75, 3.05) is 13.3 Å². The first-order valence-electron chi connectivity index (χ1n) is 10.2. The Labute approximate surface area is 165 Å². The fourth-order valence-electron chi connectivity index (χ4n) is 5.28. The number of fused-ring (bicyclic) bond motifs is 3. The van der Waals surface area contributed by atoms with Crippen LogP contribution >= 0.6 is 0 Å². The summed E-state index contributed by atoms with van der Waals surface area (Å²) in [5, 5.41) is 3.45. The molecule has 1 saturated heterocycles. The Morgan fingerprint density at radius 3 is 3.00 bits per heavy atom. The van der Waals surface area contributed by atoms with E-state index in [4.69, 9.17) is 14.2 Å². The van der Waals surface area contributed by atoms with E-state index in [1.807, 2.05) is 18.2 Å². The predicted molar refractivity (Wildman–Crippen MR) is 105 cm³/mol. The lowest BCUT2D eigenvalue weighted by Gasteiger charge is -2.42. The first kappa shape index (κ1) is 17.8. The Balaban J connectivity index is 1.28. The molecule has 5 rings (SSSR count). The molecule has 2 aliphatic carbocycles. The normalized spacial score (nSPS) is 32.9. The van der Waals surface area contributed by atoms with Gasteiger partial charge in [-0.3, -0.25) is 4.79 Å². The second kappa shape index (κ2) is 6.66. The van der Waals surface area contributed by atoms with Crippen LogP contribution < -0.4 is 14.8 Å². The van der Waals surface area contributed by atoms with Gasteiger partial charge >= 0.3 is 5.97 Å². The highest BCUT2D eigenvalue weighted by Crippen LogP contribution is 2.52.